The van der Waals surface area contributed by atoms with Gasteiger partial charge in [0.15, 0.2) is 11.5 Å². The summed E-state index contributed by atoms with van der Waals surface area (Å²) in [6.45, 7) is 4.47. The molecule has 2 amide bonds. The largest absolute Gasteiger partial charge is 0.485 e. The first kappa shape index (κ1) is 21.3. The summed E-state index contributed by atoms with van der Waals surface area (Å²) >= 11 is 0. The summed E-state index contributed by atoms with van der Waals surface area (Å²) in [4.78, 5) is 29.7. The summed E-state index contributed by atoms with van der Waals surface area (Å²) in [6, 6.07) is 21.1. The van der Waals surface area contributed by atoms with E-state index in [2.05, 4.69) is 10.2 Å². The van der Waals surface area contributed by atoms with Crippen LogP contribution in [-0.4, -0.2) is 66.5 Å². The zero-order chi connectivity index (χ0) is 22.8. The van der Waals surface area contributed by atoms with Crippen molar-refractivity contribution in [1.82, 2.24) is 9.80 Å². The van der Waals surface area contributed by atoms with Crippen molar-refractivity contribution in [2.75, 3.05) is 38.1 Å². The molecule has 0 bridgehead atoms. The number of hydrogen-bond donors (Lipinski definition) is 1. The topological polar surface area (TPSA) is 71.1 Å². The van der Waals surface area contributed by atoms with Crippen molar-refractivity contribution in [3.63, 3.8) is 0 Å². The van der Waals surface area contributed by atoms with Gasteiger partial charge in [0.1, 0.15) is 6.61 Å². The molecule has 2 atom stereocenters. The molecule has 0 unspecified atom stereocenters. The first-order valence-corrected chi connectivity index (χ1v) is 11.3. The fraction of sp³-hybridized carbons (Fsp3) is 0.308. The number of hydrogen-bond acceptors (Lipinski definition) is 5. The van der Waals surface area contributed by atoms with E-state index in [1.807, 2.05) is 73.7 Å². The molecule has 0 aromatic heterocycles. The van der Waals surface area contributed by atoms with Crippen LogP contribution in [0.15, 0.2) is 66.7 Å². The van der Waals surface area contributed by atoms with Gasteiger partial charge in [-0.2, -0.15) is 0 Å². The highest BCUT2D eigenvalue weighted by molar-refractivity contribution is 5.97. The summed E-state index contributed by atoms with van der Waals surface area (Å²) in [7, 11) is 0. The van der Waals surface area contributed by atoms with Crippen molar-refractivity contribution in [2.45, 2.75) is 19.1 Å². The van der Waals surface area contributed by atoms with Gasteiger partial charge in [0.2, 0.25) is 12.0 Å². The number of nitrogens with zero attached hydrogens (tertiary/aromatic N) is 2. The van der Waals surface area contributed by atoms with Crippen LogP contribution in [-0.2, 0) is 9.59 Å². The maximum absolute atomic E-state index is 12.9. The molecule has 0 aliphatic carbocycles. The van der Waals surface area contributed by atoms with Crippen LogP contribution in [0.4, 0.5) is 5.69 Å². The molecule has 2 aliphatic rings. The van der Waals surface area contributed by atoms with Crippen LogP contribution in [0.1, 0.15) is 6.92 Å². The molecular weight excluding hydrogens is 418 g/mol. The molecule has 0 saturated carbocycles. The summed E-state index contributed by atoms with van der Waals surface area (Å²) in [5.41, 5.74) is 0.786. The molecule has 5 rings (SSSR count). The Kier molecular flexibility index (Phi) is 5.88. The number of carbonyl (C=O) groups is 2. The second-order valence-corrected chi connectivity index (χ2v) is 8.45. The smallest absolute Gasteiger partial charge is 0.267 e. The van der Waals surface area contributed by atoms with E-state index in [0.717, 1.165) is 16.5 Å². The first-order valence-electron chi connectivity index (χ1n) is 11.3. The van der Waals surface area contributed by atoms with Gasteiger partial charge in [0.05, 0.1) is 6.04 Å². The van der Waals surface area contributed by atoms with Gasteiger partial charge in [-0.3, -0.25) is 14.5 Å². The van der Waals surface area contributed by atoms with Gasteiger partial charge in [-0.15, -0.1) is 0 Å². The molecule has 33 heavy (non-hydrogen) atoms. The van der Waals surface area contributed by atoms with E-state index < -0.39 is 6.10 Å². The Morgan fingerprint density at radius 2 is 1.61 bits per heavy atom. The van der Waals surface area contributed by atoms with E-state index >= 15 is 0 Å². The monoisotopic (exact) mass is 445 g/mol. The van der Waals surface area contributed by atoms with Crippen LogP contribution in [0.3, 0.4) is 0 Å². The van der Waals surface area contributed by atoms with Crippen LogP contribution < -0.4 is 14.8 Å². The SMILES string of the molecule is C[C@@H](C(=O)Nc1ccc2ccccc2c1)N1CCN(C(=O)[C@H]2COc3ccccc3O2)CC1. The molecule has 7 nitrogen and oxygen atoms in total. The number of nitrogens with one attached hydrogen (secondary N) is 1. The predicted molar refractivity (Wildman–Crippen MR) is 127 cm³/mol. The molecule has 2 heterocycles. The molecule has 3 aromatic carbocycles. The average Bonchev–Trinajstić information content (AvgIpc) is 2.87. The van der Waals surface area contributed by atoms with Gasteiger partial charge in [-0.05, 0) is 42.0 Å². The zero-order valence-corrected chi connectivity index (χ0v) is 18.6. The number of rotatable bonds is 4. The molecule has 170 valence electrons. The highest BCUT2D eigenvalue weighted by atomic mass is 16.6. The van der Waals surface area contributed by atoms with Crippen molar-refractivity contribution in [3.8, 4) is 11.5 Å². The summed E-state index contributed by atoms with van der Waals surface area (Å²) in [6.07, 6.45) is -0.639. The Morgan fingerprint density at radius 3 is 2.39 bits per heavy atom. The van der Waals surface area contributed by atoms with Crippen LogP contribution in [0, 0.1) is 0 Å². The second kappa shape index (κ2) is 9.11. The van der Waals surface area contributed by atoms with E-state index in [-0.39, 0.29) is 24.5 Å². The quantitative estimate of drug-likeness (QED) is 0.668. The van der Waals surface area contributed by atoms with Gasteiger partial charge in [-0.25, -0.2) is 0 Å². The van der Waals surface area contributed by atoms with E-state index in [0.29, 0.717) is 37.7 Å². The summed E-state index contributed by atoms with van der Waals surface area (Å²) in [5.74, 6) is 1.14. The second-order valence-electron chi connectivity index (χ2n) is 8.45. The number of anilines is 1. The number of amides is 2. The first-order chi connectivity index (χ1) is 16.1. The number of benzene rings is 3. The lowest BCUT2D eigenvalue weighted by Crippen LogP contribution is -2.57. The molecule has 2 aliphatic heterocycles. The van der Waals surface area contributed by atoms with Crippen LogP contribution >= 0.6 is 0 Å². The lowest BCUT2D eigenvalue weighted by Gasteiger charge is -2.39. The zero-order valence-electron chi connectivity index (χ0n) is 18.6. The lowest BCUT2D eigenvalue weighted by atomic mass is 10.1. The maximum atomic E-state index is 12.9. The highest BCUT2D eigenvalue weighted by Crippen LogP contribution is 2.31. The van der Waals surface area contributed by atoms with Gasteiger partial charge in [-0.1, -0.05) is 42.5 Å². The van der Waals surface area contributed by atoms with Crippen molar-refractivity contribution in [1.29, 1.82) is 0 Å². The minimum absolute atomic E-state index is 0.0503. The maximum Gasteiger partial charge on any atom is 0.267 e. The molecular formula is C26H27N3O4. The number of carbonyl (C=O) groups excluding carboxylic acids is 2. The van der Waals surface area contributed by atoms with E-state index in [1.54, 1.807) is 4.90 Å². The molecule has 0 spiro atoms. The van der Waals surface area contributed by atoms with Crippen LogP contribution in [0.25, 0.3) is 10.8 Å². The molecule has 3 aromatic rings. The van der Waals surface area contributed by atoms with Crippen LogP contribution in [0.5, 0.6) is 11.5 Å². The highest BCUT2D eigenvalue weighted by Gasteiger charge is 2.34. The molecule has 1 fully saturated rings. The molecule has 1 saturated heterocycles. The summed E-state index contributed by atoms with van der Waals surface area (Å²) < 4.78 is 11.5. The van der Waals surface area contributed by atoms with Gasteiger partial charge in [0, 0.05) is 31.9 Å². The minimum Gasteiger partial charge on any atom is -0.485 e. The van der Waals surface area contributed by atoms with Crippen molar-refractivity contribution in [2.24, 2.45) is 0 Å². The van der Waals surface area contributed by atoms with Gasteiger partial charge < -0.3 is 19.7 Å². The third-order valence-corrected chi connectivity index (χ3v) is 6.35. The standard InChI is InChI=1S/C26H27N3O4/c1-18(25(30)27-21-11-10-19-6-2-3-7-20(19)16-21)28-12-14-29(15-13-28)26(31)24-17-32-22-8-4-5-9-23(22)33-24/h2-11,16,18,24H,12-15,17H2,1H3,(H,27,30)/t18-,24+/m0/s1. The third-order valence-electron chi connectivity index (χ3n) is 6.35. The Balaban J connectivity index is 1.15. The molecule has 0 radical (unpaired) electrons. The molecule has 1 N–H and O–H groups in total. The van der Waals surface area contributed by atoms with E-state index in [1.165, 1.54) is 0 Å². The third kappa shape index (κ3) is 4.50. The van der Waals surface area contributed by atoms with E-state index in [9.17, 15) is 9.59 Å². The number of piperazine rings is 1. The Morgan fingerprint density at radius 1 is 0.909 bits per heavy atom. The number of para-hydroxylation sites is 2. The predicted octanol–water partition coefficient (Wildman–Crippen LogP) is 3.15. The Bertz CT molecular complexity index is 1170. The van der Waals surface area contributed by atoms with Crippen LogP contribution in [0.2, 0.25) is 0 Å². The van der Waals surface area contributed by atoms with Crippen molar-refractivity contribution >= 4 is 28.3 Å². The lowest BCUT2D eigenvalue weighted by molar-refractivity contribution is -0.143. The Hall–Kier alpha value is -3.58. The number of fused-ring (bicyclic) bond motifs is 2. The van der Waals surface area contributed by atoms with Crippen molar-refractivity contribution in [3.05, 3.63) is 66.7 Å². The van der Waals surface area contributed by atoms with Gasteiger partial charge in [0.25, 0.3) is 5.91 Å². The Labute approximate surface area is 192 Å². The molecule has 7 heteroatoms. The van der Waals surface area contributed by atoms with Gasteiger partial charge >= 0.3 is 0 Å². The number of ether oxygens (including phenoxy) is 2. The van der Waals surface area contributed by atoms with E-state index in [4.69, 9.17) is 9.47 Å². The van der Waals surface area contributed by atoms with Crippen molar-refractivity contribution < 1.29 is 19.1 Å². The fourth-order valence-electron chi connectivity index (χ4n) is 4.35. The fourth-order valence-corrected chi connectivity index (χ4v) is 4.35. The normalized spacial score (nSPS) is 19.2. The summed E-state index contributed by atoms with van der Waals surface area (Å²) in [5, 5.41) is 5.26. The average molecular weight is 446 g/mol. The minimum atomic E-state index is -0.639.